The lowest BCUT2D eigenvalue weighted by molar-refractivity contribution is -0.139. The van der Waals surface area contributed by atoms with Gasteiger partial charge in [0.2, 0.25) is 0 Å². The monoisotopic (exact) mass is 396 g/mol. The summed E-state index contributed by atoms with van der Waals surface area (Å²) < 4.78 is 39.7. The molecule has 0 aliphatic heterocycles. The van der Waals surface area contributed by atoms with E-state index in [1.165, 1.54) is 16.3 Å². The molecule has 0 fully saturated rings. The molecule has 0 aliphatic rings. The SMILES string of the molecule is O=C(O)C(c1ccc(C(F)(F)F)cn1)n1cc2ccccc2c1SCCO. The number of carbonyl (C=O) groups is 1. The fraction of sp³-hybridized carbons (Fsp3) is 0.222. The largest absolute Gasteiger partial charge is 0.479 e. The predicted octanol–water partition coefficient (Wildman–Crippen LogP) is 3.81. The van der Waals surface area contributed by atoms with Crippen LogP contribution in [-0.2, 0) is 11.0 Å². The third kappa shape index (κ3) is 3.93. The van der Waals surface area contributed by atoms with Crippen LogP contribution in [0.2, 0.25) is 0 Å². The van der Waals surface area contributed by atoms with Gasteiger partial charge in [-0.2, -0.15) is 13.2 Å². The van der Waals surface area contributed by atoms with Gasteiger partial charge < -0.3 is 14.8 Å². The van der Waals surface area contributed by atoms with Crippen molar-refractivity contribution >= 4 is 28.5 Å². The molecule has 0 radical (unpaired) electrons. The summed E-state index contributed by atoms with van der Waals surface area (Å²) in [5.74, 6) is -0.894. The van der Waals surface area contributed by atoms with Crippen LogP contribution in [0.15, 0.2) is 53.8 Å². The van der Waals surface area contributed by atoms with Gasteiger partial charge in [0.05, 0.1) is 22.9 Å². The average Bonchev–Trinajstić information content (AvgIpc) is 2.97. The number of thioether (sulfide) groups is 1. The molecule has 27 heavy (non-hydrogen) atoms. The van der Waals surface area contributed by atoms with Crippen LogP contribution in [0.3, 0.4) is 0 Å². The van der Waals surface area contributed by atoms with Crippen LogP contribution in [0.4, 0.5) is 13.2 Å². The quantitative estimate of drug-likeness (QED) is 0.620. The van der Waals surface area contributed by atoms with Gasteiger partial charge in [0, 0.05) is 28.9 Å². The minimum atomic E-state index is -4.55. The van der Waals surface area contributed by atoms with Crippen LogP contribution in [0.5, 0.6) is 0 Å². The van der Waals surface area contributed by atoms with Gasteiger partial charge in [-0.3, -0.25) is 4.98 Å². The Kier molecular flexibility index (Phi) is 5.43. The lowest BCUT2D eigenvalue weighted by Crippen LogP contribution is -2.22. The normalized spacial score (nSPS) is 13.0. The van der Waals surface area contributed by atoms with Gasteiger partial charge in [0.15, 0.2) is 6.04 Å². The first kappa shape index (κ1) is 19.2. The highest BCUT2D eigenvalue weighted by atomic mass is 32.2. The fourth-order valence-corrected chi connectivity index (χ4v) is 3.69. The number of halogens is 3. The molecule has 1 atom stereocenters. The maximum atomic E-state index is 12.8. The third-order valence-electron chi connectivity index (χ3n) is 3.94. The summed E-state index contributed by atoms with van der Waals surface area (Å²) in [6.45, 7) is -0.0968. The van der Waals surface area contributed by atoms with Crippen molar-refractivity contribution in [2.75, 3.05) is 12.4 Å². The van der Waals surface area contributed by atoms with Crippen molar-refractivity contribution in [3.63, 3.8) is 0 Å². The smallest absolute Gasteiger partial charge is 0.417 e. The Morgan fingerprint density at radius 3 is 2.56 bits per heavy atom. The molecule has 9 heteroatoms. The number of carboxylic acids is 1. The van der Waals surface area contributed by atoms with Crippen LogP contribution in [-0.4, -0.2) is 38.1 Å². The summed E-state index contributed by atoms with van der Waals surface area (Å²) >= 11 is 1.27. The van der Waals surface area contributed by atoms with Crippen molar-refractivity contribution in [1.29, 1.82) is 0 Å². The van der Waals surface area contributed by atoms with Crippen molar-refractivity contribution in [3.8, 4) is 0 Å². The van der Waals surface area contributed by atoms with Crippen LogP contribution >= 0.6 is 11.8 Å². The number of aliphatic carboxylic acids is 1. The van der Waals surface area contributed by atoms with Crippen LogP contribution in [0, 0.1) is 0 Å². The van der Waals surface area contributed by atoms with Gasteiger partial charge in [-0.15, -0.1) is 11.8 Å². The van der Waals surface area contributed by atoms with E-state index in [4.69, 9.17) is 5.11 Å². The van der Waals surface area contributed by atoms with Gasteiger partial charge in [0.1, 0.15) is 0 Å². The second kappa shape index (κ2) is 7.61. The Morgan fingerprint density at radius 2 is 1.96 bits per heavy atom. The number of carboxylic acid groups (broad SMARTS) is 1. The van der Waals surface area contributed by atoms with Crippen molar-refractivity contribution in [1.82, 2.24) is 9.55 Å². The molecule has 142 valence electrons. The Morgan fingerprint density at radius 1 is 1.22 bits per heavy atom. The summed E-state index contributed by atoms with van der Waals surface area (Å²) in [6.07, 6.45) is -2.28. The van der Waals surface area contributed by atoms with Crippen LogP contribution in [0.25, 0.3) is 10.8 Å². The summed E-state index contributed by atoms with van der Waals surface area (Å²) in [6, 6.07) is 7.86. The molecule has 0 saturated heterocycles. The molecule has 0 amide bonds. The molecule has 1 aromatic carbocycles. The first-order valence-corrected chi connectivity index (χ1v) is 8.90. The van der Waals surface area contributed by atoms with E-state index in [1.807, 2.05) is 18.2 Å². The van der Waals surface area contributed by atoms with Gasteiger partial charge in [-0.25, -0.2) is 4.79 Å². The first-order valence-electron chi connectivity index (χ1n) is 7.92. The third-order valence-corrected chi connectivity index (χ3v) is 5.03. The van der Waals surface area contributed by atoms with Gasteiger partial charge in [-0.05, 0) is 12.1 Å². The Bertz CT molecular complexity index is 955. The molecule has 2 aromatic heterocycles. The second-order valence-electron chi connectivity index (χ2n) is 5.71. The van der Waals surface area contributed by atoms with Crippen molar-refractivity contribution in [2.45, 2.75) is 17.2 Å². The first-order chi connectivity index (χ1) is 12.8. The van der Waals surface area contributed by atoms with Crippen molar-refractivity contribution < 1.29 is 28.2 Å². The zero-order chi connectivity index (χ0) is 19.6. The highest BCUT2D eigenvalue weighted by Crippen LogP contribution is 2.35. The summed E-state index contributed by atoms with van der Waals surface area (Å²) in [5.41, 5.74) is -0.954. The molecule has 1 unspecified atom stereocenters. The van der Waals surface area contributed by atoms with E-state index in [-0.39, 0.29) is 12.3 Å². The molecule has 2 N–H and O–H groups in total. The number of fused-ring (bicyclic) bond motifs is 1. The Labute approximate surface area is 156 Å². The number of hydrogen-bond acceptors (Lipinski definition) is 4. The number of hydrogen-bond donors (Lipinski definition) is 2. The molecule has 0 saturated carbocycles. The van der Waals surface area contributed by atoms with E-state index >= 15 is 0 Å². The van der Waals surface area contributed by atoms with Crippen molar-refractivity contribution in [2.24, 2.45) is 0 Å². The minimum Gasteiger partial charge on any atom is -0.479 e. The molecule has 0 bridgehead atoms. The number of rotatable bonds is 6. The second-order valence-corrected chi connectivity index (χ2v) is 6.79. The van der Waals surface area contributed by atoms with Crippen LogP contribution < -0.4 is 0 Å². The molecule has 5 nitrogen and oxygen atoms in total. The lowest BCUT2D eigenvalue weighted by Gasteiger charge is -2.18. The zero-order valence-electron chi connectivity index (χ0n) is 13.8. The van der Waals surface area contributed by atoms with E-state index in [2.05, 4.69) is 4.98 Å². The number of pyridine rings is 1. The van der Waals surface area contributed by atoms with Crippen molar-refractivity contribution in [3.05, 3.63) is 60.0 Å². The van der Waals surface area contributed by atoms with E-state index in [9.17, 15) is 23.1 Å². The zero-order valence-corrected chi connectivity index (χ0v) is 14.7. The van der Waals surface area contributed by atoms with Gasteiger partial charge in [0.25, 0.3) is 0 Å². The molecule has 2 heterocycles. The Balaban J connectivity index is 2.11. The van der Waals surface area contributed by atoms with E-state index in [0.29, 0.717) is 17.0 Å². The van der Waals surface area contributed by atoms with Crippen LogP contribution in [0.1, 0.15) is 17.3 Å². The number of aromatic nitrogens is 2. The maximum absolute atomic E-state index is 12.8. The highest BCUT2D eigenvalue weighted by molar-refractivity contribution is 7.99. The summed E-state index contributed by atoms with van der Waals surface area (Å²) in [4.78, 5) is 15.7. The molecule has 0 aliphatic carbocycles. The number of aliphatic hydroxyl groups is 1. The lowest BCUT2D eigenvalue weighted by atomic mass is 10.1. The van der Waals surface area contributed by atoms with Gasteiger partial charge >= 0.3 is 12.1 Å². The fourth-order valence-electron chi connectivity index (χ4n) is 2.76. The number of aliphatic hydroxyl groups excluding tert-OH is 1. The maximum Gasteiger partial charge on any atom is 0.417 e. The van der Waals surface area contributed by atoms with E-state index in [1.54, 1.807) is 12.3 Å². The number of benzene rings is 1. The number of alkyl halides is 3. The summed E-state index contributed by atoms with van der Waals surface area (Å²) in [7, 11) is 0. The van der Waals surface area contributed by atoms with Gasteiger partial charge in [-0.1, -0.05) is 24.3 Å². The molecular weight excluding hydrogens is 381 g/mol. The molecular formula is C18H15F3N2O3S. The van der Waals surface area contributed by atoms with E-state index in [0.717, 1.165) is 22.9 Å². The van der Waals surface area contributed by atoms with E-state index < -0.39 is 23.8 Å². The topological polar surface area (TPSA) is 75.3 Å². The Hall–Kier alpha value is -2.52. The predicted molar refractivity (Wildman–Crippen MR) is 94.8 cm³/mol. The molecule has 0 spiro atoms. The number of nitrogens with zero attached hydrogens (tertiary/aromatic N) is 2. The molecule has 3 rings (SSSR count). The highest BCUT2D eigenvalue weighted by Gasteiger charge is 2.32. The summed E-state index contributed by atoms with van der Waals surface area (Å²) in [5, 5.41) is 21.1. The average molecular weight is 396 g/mol. The molecule has 3 aromatic rings. The standard InChI is InChI=1S/C18H15F3N2O3S/c19-18(20,21)12-5-6-14(22-9-12)15(17(25)26)23-10-11-3-1-2-4-13(11)16(23)27-8-7-24/h1-6,9-10,15,24H,7-8H2,(H,25,26). The minimum absolute atomic E-state index is 0.0124.